The SMILES string of the molecule is NCCn1cnc(C(=O)c2ccc3c(c2)CCC3)c1. The smallest absolute Gasteiger partial charge is 0.212 e. The first-order valence-corrected chi connectivity index (χ1v) is 6.66. The van der Waals surface area contributed by atoms with Gasteiger partial charge >= 0.3 is 0 Å². The van der Waals surface area contributed by atoms with Crippen LogP contribution in [0.1, 0.15) is 33.6 Å². The Bertz CT molecular complexity index is 616. The Morgan fingerprint density at radius 1 is 1.32 bits per heavy atom. The summed E-state index contributed by atoms with van der Waals surface area (Å²) in [5.74, 6) is -0.00882. The fraction of sp³-hybridized carbons (Fsp3) is 0.333. The van der Waals surface area contributed by atoms with E-state index in [1.165, 1.54) is 17.5 Å². The highest BCUT2D eigenvalue weighted by molar-refractivity contribution is 6.07. The average molecular weight is 255 g/mol. The van der Waals surface area contributed by atoms with Gasteiger partial charge in [0.1, 0.15) is 5.69 Å². The van der Waals surface area contributed by atoms with Crippen molar-refractivity contribution in [2.75, 3.05) is 6.54 Å². The van der Waals surface area contributed by atoms with Crippen molar-refractivity contribution in [3.05, 3.63) is 53.1 Å². The number of imidazole rings is 1. The second-order valence-electron chi connectivity index (χ2n) is 4.95. The number of aromatic nitrogens is 2. The number of rotatable bonds is 4. The van der Waals surface area contributed by atoms with Crippen LogP contribution in [0.25, 0.3) is 0 Å². The molecule has 0 saturated heterocycles. The van der Waals surface area contributed by atoms with Crippen LogP contribution in [0.3, 0.4) is 0 Å². The first-order valence-electron chi connectivity index (χ1n) is 6.66. The molecule has 0 aliphatic heterocycles. The van der Waals surface area contributed by atoms with E-state index in [0.29, 0.717) is 18.8 Å². The summed E-state index contributed by atoms with van der Waals surface area (Å²) in [7, 11) is 0. The van der Waals surface area contributed by atoms with Crippen LogP contribution in [0.5, 0.6) is 0 Å². The number of aryl methyl sites for hydroxylation is 2. The molecule has 4 heteroatoms. The van der Waals surface area contributed by atoms with E-state index in [9.17, 15) is 4.79 Å². The summed E-state index contributed by atoms with van der Waals surface area (Å²) in [5.41, 5.74) is 9.40. The summed E-state index contributed by atoms with van der Waals surface area (Å²) in [6.07, 6.45) is 6.83. The van der Waals surface area contributed by atoms with Crippen LogP contribution in [0.4, 0.5) is 0 Å². The first-order chi connectivity index (χ1) is 9.28. The van der Waals surface area contributed by atoms with Crippen LogP contribution < -0.4 is 5.73 Å². The van der Waals surface area contributed by atoms with E-state index in [0.717, 1.165) is 18.4 Å². The Hall–Kier alpha value is -1.94. The van der Waals surface area contributed by atoms with E-state index in [1.807, 2.05) is 16.7 Å². The summed E-state index contributed by atoms with van der Waals surface area (Å²) in [5, 5.41) is 0. The van der Waals surface area contributed by atoms with Gasteiger partial charge in [-0.25, -0.2) is 4.98 Å². The number of fused-ring (bicyclic) bond motifs is 1. The number of carbonyl (C=O) groups is 1. The van der Waals surface area contributed by atoms with Crippen LogP contribution in [-0.4, -0.2) is 21.9 Å². The van der Waals surface area contributed by atoms with Crippen LogP contribution in [-0.2, 0) is 19.4 Å². The van der Waals surface area contributed by atoms with E-state index >= 15 is 0 Å². The fourth-order valence-electron chi connectivity index (χ4n) is 2.61. The third kappa shape index (κ3) is 2.31. The quantitative estimate of drug-likeness (QED) is 0.843. The summed E-state index contributed by atoms with van der Waals surface area (Å²) < 4.78 is 1.85. The topological polar surface area (TPSA) is 60.9 Å². The zero-order chi connectivity index (χ0) is 13.2. The Labute approximate surface area is 112 Å². The predicted octanol–water partition coefficient (Wildman–Crippen LogP) is 1.56. The monoisotopic (exact) mass is 255 g/mol. The van der Waals surface area contributed by atoms with Gasteiger partial charge in [-0.2, -0.15) is 0 Å². The number of nitrogens with two attached hydrogens (primary N) is 1. The summed E-state index contributed by atoms with van der Waals surface area (Å²) in [6, 6.07) is 6.01. The third-order valence-electron chi connectivity index (χ3n) is 3.61. The Morgan fingerprint density at radius 3 is 3.00 bits per heavy atom. The molecule has 2 N–H and O–H groups in total. The highest BCUT2D eigenvalue weighted by Crippen LogP contribution is 2.23. The number of benzene rings is 1. The number of carbonyl (C=O) groups excluding carboxylic acids is 1. The molecule has 19 heavy (non-hydrogen) atoms. The molecule has 0 bridgehead atoms. The molecule has 1 aliphatic carbocycles. The maximum Gasteiger partial charge on any atom is 0.212 e. The lowest BCUT2D eigenvalue weighted by Gasteiger charge is -2.02. The molecule has 2 aromatic rings. The first kappa shape index (κ1) is 12.1. The molecule has 98 valence electrons. The maximum atomic E-state index is 12.4. The van der Waals surface area contributed by atoms with E-state index in [1.54, 1.807) is 12.5 Å². The van der Waals surface area contributed by atoms with Gasteiger partial charge in [0, 0.05) is 24.8 Å². The van der Waals surface area contributed by atoms with E-state index in [2.05, 4.69) is 11.1 Å². The van der Waals surface area contributed by atoms with Gasteiger partial charge in [-0.05, 0) is 36.5 Å². The largest absolute Gasteiger partial charge is 0.335 e. The van der Waals surface area contributed by atoms with E-state index in [-0.39, 0.29) is 5.78 Å². The number of hydrogen-bond acceptors (Lipinski definition) is 3. The molecule has 4 nitrogen and oxygen atoms in total. The molecule has 1 heterocycles. The van der Waals surface area contributed by atoms with Crippen LogP contribution in [0, 0.1) is 0 Å². The highest BCUT2D eigenvalue weighted by Gasteiger charge is 2.16. The van der Waals surface area contributed by atoms with Gasteiger partial charge in [-0.1, -0.05) is 12.1 Å². The summed E-state index contributed by atoms with van der Waals surface area (Å²) in [4.78, 5) is 16.5. The predicted molar refractivity (Wildman–Crippen MR) is 73.2 cm³/mol. The second kappa shape index (κ2) is 4.97. The van der Waals surface area contributed by atoms with Gasteiger partial charge in [0.15, 0.2) is 0 Å². The van der Waals surface area contributed by atoms with Gasteiger partial charge < -0.3 is 10.3 Å². The number of nitrogens with zero attached hydrogens (tertiary/aromatic N) is 2. The fourth-order valence-corrected chi connectivity index (χ4v) is 2.61. The maximum absolute atomic E-state index is 12.4. The Morgan fingerprint density at radius 2 is 2.16 bits per heavy atom. The van der Waals surface area contributed by atoms with Gasteiger partial charge in [0.25, 0.3) is 0 Å². The molecular weight excluding hydrogens is 238 g/mol. The molecule has 0 radical (unpaired) electrons. The molecule has 0 saturated carbocycles. The number of hydrogen-bond donors (Lipinski definition) is 1. The third-order valence-corrected chi connectivity index (χ3v) is 3.61. The average Bonchev–Trinajstić information content (AvgIpc) is 3.05. The highest BCUT2D eigenvalue weighted by atomic mass is 16.1. The van der Waals surface area contributed by atoms with Crippen molar-refractivity contribution in [1.29, 1.82) is 0 Å². The van der Waals surface area contributed by atoms with Crippen LogP contribution in [0.2, 0.25) is 0 Å². The lowest BCUT2D eigenvalue weighted by Crippen LogP contribution is -2.08. The van der Waals surface area contributed by atoms with Gasteiger partial charge in [-0.15, -0.1) is 0 Å². The van der Waals surface area contributed by atoms with Crippen molar-refractivity contribution in [1.82, 2.24) is 9.55 Å². The van der Waals surface area contributed by atoms with Crippen molar-refractivity contribution >= 4 is 5.78 Å². The van der Waals surface area contributed by atoms with Crippen molar-refractivity contribution in [2.45, 2.75) is 25.8 Å². The van der Waals surface area contributed by atoms with Crippen molar-refractivity contribution in [3.8, 4) is 0 Å². The Balaban J connectivity index is 1.86. The second-order valence-corrected chi connectivity index (χ2v) is 4.95. The normalized spacial score (nSPS) is 13.5. The summed E-state index contributed by atoms with van der Waals surface area (Å²) >= 11 is 0. The standard InChI is InChI=1S/C15H17N3O/c16-6-7-18-9-14(17-10-18)15(19)13-5-4-11-2-1-3-12(11)8-13/h4-5,8-10H,1-3,6-7,16H2. The molecule has 0 amide bonds. The molecule has 0 atom stereocenters. The Kier molecular flexibility index (Phi) is 3.17. The van der Waals surface area contributed by atoms with Crippen molar-refractivity contribution in [3.63, 3.8) is 0 Å². The lowest BCUT2D eigenvalue weighted by atomic mass is 10.0. The van der Waals surface area contributed by atoms with E-state index in [4.69, 9.17) is 5.73 Å². The minimum Gasteiger partial charge on any atom is -0.335 e. The molecular formula is C15H17N3O. The molecule has 1 aliphatic rings. The van der Waals surface area contributed by atoms with Crippen molar-refractivity contribution < 1.29 is 4.79 Å². The zero-order valence-corrected chi connectivity index (χ0v) is 10.8. The molecule has 1 aromatic carbocycles. The minimum atomic E-state index is -0.00882. The molecule has 1 aromatic heterocycles. The minimum absolute atomic E-state index is 0.00882. The van der Waals surface area contributed by atoms with Crippen LogP contribution in [0.15, 0.2) is 30.7 Å². The van der Waals surface area contributed by atoms with Gasteiger partial charge in [-0.3, -0.25) is 4.79 Å². The molecule has 0 fully saturated rings. The van der Waals surface area contributed by atoms with Gasteiger partial charge in [0.2, 0.25) is 5.78 Å². The molecule has 3 rings (SSSR count). The molecule has 0 spiro atoms. The number of ketones is 1. The van der Waals surface area contributed by atoms with E-state index < -0.39 is 0 Å². The molecule has 0 unspecified atom stereocenters. The zero-order valence-electron chi connectivity index (χ0n) is 10.8. The van der Waals surface area contributed by atoms with Gasteiger partial charge in [0.05, 0.1) is 6.33 Å². The van der Waals surface area contributed by atoms with Crippen molar-refractivity contribution in [2.24, 2.45) is 5.73 Å². The lowest BCUT2D eigenvalue weighted by molar-refractivity contribution is 0.103. The van der Waals surface area contributed by atoms with Crippen LogP contribution >= 0.6 is 0 Å². The summed E-state index contributed by atoms with van der Waals surface area (Å²) in [6.45, 7) is 1.23.